The normalized spacial score (nSPS) is 15.5. The predicted octanol–water partition coefficient (Wildman–Crippen LogP) is -0.463. The van der Waals surface area contributed by atoms with Crippen molar-refractivity contribution < 1.29 is 90.9 Å². The maximum Gasteiger partial charge on any atom is 0.343 e. The lowest BCUT2D eigenvalue weighted by molar-refractivity contribution is -0.172. The Hall–Kier alpha value is -8.39. The van der Waals surface area contributed by atoms with E-state index in [4.69, 9.17) is 47.6 Å². The molecule has 502 valence electrons. The van der Waals surface area contributed by atoms with E-state index in [0.29, 0.717) is 128 Å². The monoisotopic (exact) mass is 1300 g/mol. The molecule has 7 N–H and O–H groups in total. The van der Waals surface area contributed by atoms with Gasteiger partial charge < -0.3 is 84.2 Å². The fourth-order valence-corrected chi connectivity index (χ4v) is 10.8. The van der Waals surface area contributed by atoms with E-state index in [9.17, 15) is 53.1 Å². The molecule has 0 fully saturated rings. The van der Waals surface area contributed by atoms with Crippen LogP contribution in [0.5, 0.6) is 0 Å². The summed E-state index contributed by atoms with van der Waals surface area (Å²) in [5.41, 5.74) is 3.90. The Morgan fingerprint density at radius 1 is 0.613 bits per heavy atom. The van der Waals surface area contributed by atoms with Crippen molar-refractivity contribution in [1.29, 1.82) is 0 Å². The number of carbonyl (C=O) groups excluding carboxylic acids is 9. The summed E-state index contributed by atoms with van der Waals surface area (Å²) in [4.78, 5) is 133. The maximum atomic E-state index is 13.8. The molecule has 0 bridgehead atoms. The fourth-order valence-electron chi connectivity index (χ4n) is 10.8. The summed E-state index contributed by atoms with van der Waals surface area (Å²) in [5, 5.41) is 28.0. The molecule has 8 amide bonds. The van der Waals surface area contributed by atoms with E-state index in [0.717, 1.165) is 39.0 Å². The molecule has 4 aromatic rings. The Bertz CT molecular complexity index is 3380. The first-order chi connectivity index (χ1) is 45.1. The van der Waals surface area contributed by atoms with Crippen molar-refractivity contribution in [2.75, 3.05) is 144 Å². The van der Waals surface area contributed by atoms with Crippen molar-refractivity contribution in [3.63, 3.8) is 0 Å². The number of nitrogens with one attached hydrogen (secondary N) is 6. The highest BCUT2D eigenvalue weighted by molar-refractivity contribution is 6.13. The summed E-state index contributed by atoms with van der Waals surface area (Å²) in [6, 6.07) is 13.0. The quantitative estimate of drug-likeness (QED) is 0.0148. The molecule has 2 atom stereocenters. The third-order valence-corrected chi connectivity index (χ3v) is 15.6. The van der Waals surface area contributed by atoms with Crippen molar-refractivity contribution in [3.8, 4) is 11.4 Å². The van der Waals surface area contributed by atoms with Gasteiger partial charge in [0.05, 0.1) is 154 Å². The highest BCUT2D eigenvalue weighted by Gasteiger charge is 2.46. The lowest BCUT2D eigenvalue weighted by Gasteiger charge is -2.31. The van der Waals surface area contributed by atoms with Crippen molar-refractivity contribution in [2.24, 2.45) is 0 Å². The number of carbonyl (C=O) groups is 9. The Labute approximate surface area is 536 Å². The number of pyridine rings is 2. The van der Waals surface area contributed by atoms with Gasteiger partial charge in [0, 0.05) is 66.7 Å². The van der Waals surface area contributed by atoms with Crippen LogP contribution in [0.1, 0.15) is 66.0 Å². The molecule has 4 aliphatic rings. The van der Waals surface area contributed by atoms with Crippen LogP contribution in [0.25, 0.3) is 22.3 Å². The number of imide groups is 1. The molecule has 1 unspecified atom stereocenters. The molecular weight excluding hydrogens is 1210 g/mol. The van der Waals surface area contributed by atoms with E-state index >= 15 is 0 Å². The van der Waals surface area contributed by atoms with Crippen LogP contribution in [-0.2, 0) is 124 Å². The second kappa shape index (κ2) is 36.2. The second-order valence-electron chi connectivity index (χ2n) is 21.9. The molecular formula is C64H81N9O20. The first-order valence-electron chi connectivity index (χ1n) is 31.2. The van der Waals surface area contributed by atoms with Crippen molar-refractivity contribution in [1.82, 2.24) is 41.0 Å². The number of hydrogen-bond donors (Lipinski definition) is 7. The number of nitrogens with zero attached hydrogens (tertiary/aromatic N) is 3. The Kier molecular flexibility index (Phi) is 27.4. The second-order valence-corrected chi connectivity index (χ2v) is 21.9. The molecule has 93 heavy (non-hydrogen) atoms. The van der Waals surface area contributed by atoms with Gasteiger partial charge in [-0.3, -0.25) is 48.1 Å². The summed E-state index contributed by atoms with van der Waals surface area (Å²) in [6.45, 7) is 6.08. The minimum absolute atomic E-state index is 0.0233. The van der Waals surface area contributed by atoms with Gasteiger partial charge in [-0.15, -0.1) is 0 Å². The van der Waals surface area contributed by atoms with Crippen molar-refractivity contribution >= 4 is 69.8 Å². The summed E-state index contributed by atoms with van der Waals surface area (Å²) in [6.07, 6.45) is 4.54. The number of aromatic nitrogens is 2. The van der Waals surface area contributed by atoms with Crippen LogP contribution in [0, 0.1) is 0 Å². The van der Waals surface area contributed by atoms with Gasteiger partial charge in [0.15, 0.2) is 5.60 Å². The van der Waals surface area contributed by atoms with Gasteiger partial charge in [0.1, 0.15) is 12.6 Å². The van der Waals surface area contributed by atoms with Gasteiger partial charge in [-0.05, 0) is 60.6 Å². The number of aliphatic hydroxyl groups is 1. The zero-order valence-electron chi connectivity index (χ0n) is 52.1. The lowest BCUT2D eigenvalue weighted by Crippen LogP contribution is -2.52. The molecule has 2 aromatic carbocycles. The number of rotatable bonds is 42. The van der Waals surface area contributed by atoms with Crippen LogP contribution >= 0.6 is 0 Å². The van der Waals surface area contributed by atoms with E-state index in [1.807, 2.05) is 6.07 Å². The van der Waals surface area contributed by atoms with Crippen LogP contribution in [-0.4, -0.2) is 217 Å². The molecule has 8 rings (SSSR count). The first kappa shape index (κ1) is 70.5. The number of ether oxygens (including phenoxy) is 9. The van der Waals surface area contributed by atoms with Crippen molar-refractivity contribution in [2.45, 2.75) is 76.7 Å². The van der Waals surface area contributed by atoms with Gasteiger partial charge in [0.25, 0.3) is 17.4 Å². The highest BCUT2D eigenvalue weighted by Crippen LogP contribution is 2.43. The maximum absolute atomic E-state index is 13.8. The number of anilines is 1. The lowest BCUT2D eigenvalue weighted by atomic mass is 9.85. The molecule has 29 nitrogen and oxygen atoms in total. The zero-order chi connectivity index (χ0) is 66.0. The Balaban J connectivity index is 0.617. The molecule has 0 saturated heterocycles. The Morgan fingerprint density at radius 3 is 1.80 bits per heavy atom. The molecule has 0 saturated carbocycles. The summed E-state index contributed by atoms with van der Waals surface area (Å²) in [5.74, 6) is -4.83. The number of amides is 8. The van der Waals surface area contributed by atoms with Crippen molar-refractivity contribution in [3.05, 3.63) is 104 Å². The average molecular weight is 1300 g/mol. The average Bonchev–Trinajstić information content (AvgIpc) is 1.62. The van der Waals surface area contributed by atoms with Crippen LogP contribution in [0.15, 0.2) is 65.5 Å². The number of hydrogen-bond acceptors (Lipinski definition) is 21. The van der Waals surface area contributed by atoms with Gasteiger partial charge in [0.2, 0.25) is 35.4 Å². The highest BCUT2D eigenvalue weighted by atomic mass is 16.6. The Morgan fingerprint density at radius 2 is 1.17 bits per heavy atom. The minimum Gasteiger partial charge on any atom is -0.458 e. The fraction of sp³-hybridized carbons (Fsp3) is 0.516. The van der Waals surface area contributed by atoms with E-state index in [-0.39, 0.29) is 87.8 Å². The number of aryl methyl sites for hydroxylation is 2. The zero-order valence-corrected chi connectivity index (χ0v) is 52.1. The van der Waals surface area contributed by atoms with Crippen LogP contribution in [0.3, 0.4) is 0 Å². The molecule has 3 aliphatic heterocycles. The smallest absolute Gasteiger partial charge is 0.343 e. The van der Waals surface area contributed by atoms with E-state index in [1.165, 1.54) is 12.2 Å². The van der Waals surface area contributed by atoms with Gasteiger partial charge in [-0.1, -0.05) is 37.3 Å². The van der Waals surface area contributed by atoms with Gasteiger partial charge in [-0.2, -0.15) is 0 Å². The van der Waals surface area contributed by atoms with Gasteiger partial charge >= 0.3 is 5.97 Å². The standard InChI is InChI=1S/C64H81N9O20/c1-2-64(84)47-36-51-60-45(40-73(51)62(82)46(47)41-93-63(64)83)43-9-6-10-44-48(11-12-49(71-60)59(43)44)69-56(78)39-68-61(81)50(35-42-7-4-3-5-8-42)70-55(77)38-67-54(76)37-66-53(75)16-19-85-21-23-87-25-27-89-29-31-91-33-34-92-32-30-90-28-26-88-24-22-86-20-17-65-52(74)15-18-72-57(79)13-14-58(72)80/h3-5,7-8,11-14,36,50,84H,2,6,9-10,15-35,37-41H2,1H3,(H,65,74)(H,66,75)(H,67,76)(H,68,81)(H,69,78)(H,70,77)/t50?,64-/m0/s1. The van der Waals surface area contributed by atoms with Crippen LogP contribution in [0.2, 0.25) is 0 Å². The summed E-state index contributed by atoms with van der Waals surface area (Å²) >= 11 is 0. The third-order valence-electron chi connectivity index (χ3n) is 15.6. The SMILES string of the molecule is CC[C@@]1(O)C(=O)OCc2c1cc1n(c2=O)Cc2c-1nc1ccc(NC(=O)CNC(=O)C(Cc3ccccc3)NC(=O)CNC(=O)CNC(=O)CCOCCOCCOCCOCCOCCOCCOCCOCCNC(=O)CCN3C(=O)C=CC3=O)c3c1c2CCC3. The number of esters is 1. The minimum atomic E-state index is -1.95. The largest absolute Gasteiger partial charge is 0.458 e. The van der Waals surface area contributed by atoms with E-state index in [1.54, 1.807) is 54.0 Å². The molecule has 5 heterocycles. The molecule has 2 aromatic heterocycles. The van der Waals surface area contributed by atoms with Gasteiger partial charge in [-0.25, -0.2) is 9.78 Å². The number of benzene rings is 2. The van der Waals surface area contributed by atoms with Crippen LogP contribution < -0.4 is 37.5 Å². The number of cyclic esters (lactones) is 1. The molecule has 0 spiro atoms. The predicted molar refractivity (Wildman–Crippen MR) is 331 cm³/mol. The van der Waals surface area contributed by atoms with E-state index < -0.39 is 78.6 Å². The topological polar surface area (TPSA) is 367 Å². The third kappa shape index (κ3) is 20.3. The number of fused-ring (bicyclic) bond motifs is 5. The van der Waals surface area contributed by atoms with E-state index in [2.05, 4.69) is 31.9 Å². The first-order valence-corrected chi connectivity index (χ1v) is 31.2. The molecule has 1 aliphatic carbocycles. The summed E-state index contributed by atoms with van der Waals surface area (Å²) < 4.78 is 50.6. The van der Waals surface area contributed by atoms with Crippen LogP contribution in [0.4, 0.5) is 5.69 Å². The summed E-state index contributed by atoms with van der Waals surface area (Å²) in [7, 11) is 0. The molecule has 0 radical (unpaired) electrons. The molecule has 29 heteroatoms.